The summed E-state index contributed by atoms with van der Waals surface area (Å²) in [7, 11) is -22.4. The van der Waals surface area contributed by atoms with E-state index in [2.05, 4.69) is 12.3 Å². The molecule has 0 fully saturated rings. The van der Waals surface area contributed by atoms with Crippen molar-refractivity contribution in [1.82, 2.24) is 0 Å². The molecule has 0 aromatic carbocycles. The maximum absolute atomic E-state index is 9.15. The maximum atomic E-state index is 9.15. The summed E-state index contributed by atoms with van der Waals surface area (Å²) in [5.41, 5.74) is 0. The van der Waals surface area contributed by atoms with Crippen molar-refractivity contribution in [1.29, 1.82) is 0 Å². The number of hydrogen-bond acceptors (Lipinski definition) is 13. The summed E-state index contributed by atoms with van der Waals surface area (Å²) in [6.45, 7) is 0. The van der Waals surface area contributed by atoms with Crippen LogP contribution in [0.4, 0.5) is 0 Å². The standard InChI is InChI=1S/H10O13Si4/c1-14(2,3)11-17(10,12-15(4,5)6)13-16(7,8)9/h1-10H. The van der Waals surface area contributed by atoms with Crippen molar-refractivity contribution in [2.24, 2.45) is 0 Å². The van der Waals surface area contributed by atoms with Crippen LogP contribution < -0.4 is 0 Å². The summed E-state index contributed by atoms with van der Waals surface area (Å²) in [5.74, 6) is 0. The first-order chi connectivity index (χ1) is 7.12. The van der Waals surface area contributed by atoms with E-state index in [0.717, 1.165) is 0 Å². The van der Waals surface area contributed by atoms with Gasteiger partial charge in [0.2, 0.25) is 0 Å². The lowest BCUT2D eigenvalue weighted by molar-refractivity contribution is -0.0131. The van der Waals surface area contributed by atoms with Crippen molar-refractivity contribution in [2.45, 2.75) is 0 Å². The molecule has 0 atom stereocenters. The molecule has 104 valence electrons. The Labute approximate surface area is 97.2 Å². The van der Waals surface area contributed by atoms with Crippen LogP contribution in [0.3, 0.4) is 0 Å². The van der Waals surface area contributed by atoms with Gasteiger partial charge in [0.15, 0.2) is 0 Å². The van der Waals surface area contributed by atoms with E-state index in [0.29, 0.717) is 0 Å². The van der Waals surface area contributed by atoms with Gasteiger partial charge in [-0.1, -0.05) is 0 Å². The Bertz CT molecular complexity index is 199. The molecule has 0 aliphatic carbocycles. The van der Waals surface area contributed by atoms with E-state index in [1.54, 1.807) is 0 Å². The molecule has 0 aliphatic rings. The molecule has 17 heteroatoms. The van der Waals surface area contributed by atoms with Gasteiger partial charge in [-0.15, -0.1) is 0 Å². The minimum Gasteiger partial charge on any atom is -0.369 e. The van der Waals surface area contributed by atoms with E-state index in [1.807, 2.05) is 0 Å². The first kappa shape index (κ1) is 17.3. The molecule has 17 heavy (non-hydrogen) atoms. The van der Waals surface area contributed by atoms with Crippen LogP contribution >= 0.6 is 0 Å². The summed E-state index contributed by atoms with van der Waals surface area (Å²) in [4.78, 5) is 85.0. The first-order valence-electron chi connectivity index (χ1n) is 3.46. The van der Waals surface area contributed by atoms with Crippen LogP contribution in [-0.4, -0.2) is 84.1 Å². The molecule has 0 rings (SSSR count). The minimum atomic E-state index is -5.72. The van der Waals surface area contributed by atoms with E-state index < -0.39 is 36.2 Å². The molecule has 0 heterocycles. The van der Waals surface area contributed by atoms with Crippen molar-refractivity contribution >= 4 is 36.2 Å². The Morgan fingerprint density at radius 2 is 0.588 bits per heavy atom. The number of rotatable bonds is 6. The zero-order valence-corrected chi connectivity index (χ0v) is 11.7. The van der Waals surface area contributed by atoms with Gasteiger partial charge in [-0.25, -0.2) is 0 Å². The Kier molecular flexibility index (Phi) is 5.25. The van der Waals surface area contributed by atoms with Crippen LogP contribution in [0.25, 0.3) is 0 Å². The lowest BCUT2D eigenvalue weighted by Crippen LogP contribution is -2.66. The molecule has 0 saturated carbocycles. The topological polar surface area (TPSA) is 230 Å². The largest absolute Gasteiger partial charge is 0.665 e. The Hall–Kier alpha value is 0.348. The van der Waals surface area contributed by atoms with Gasteiger partial charge in [0, 0.05) is 0 Å². The maximum Gasteiger partial charge on any atom is 0.665 e. The van der Waals surface area contributed by atoms with Crippen LogP contribution in [0, 0.1) is 0 Å². The second-order valence-corrected chi connectivity index (χ2v) is 9.49. The SMILES string of the molecule is O[Si](O)(O)O[Si](O)(O[Si](O)(O)O)O[Si](O)(O)O. The second kappa shape index (κ2) is 5.15. The van der Waals surface area contributed by atoms with Crippen LogP contribution in [0.5, 0.6) is 0 Å². The van der Waals surface area contributed by atoms with Crippen molar-refractivity contribution in [3.8, 4) is 0 Å². The zero-order valence-electron chi connectivity index (χ0n) is 7.70. The summed E-state index contributed by atoms with van der Waals surface area (Å²) in [5, 5.41) is 0. The highest BCUT2D eigenvalue weighted by molar-refractivity contribution is 6.76. The molecule has 0 unspecified atom stereocenters. The molecule has 0 radical (unpaired) electrons. The van der Waals surface area contributed by atoms with Gasteiger partial charge in [0.05, 0.1) is 0 Å². The summed E-state index contributed by atoms with van der Waals surface area (Å²) in [6.07, 6.45) is 0. The fourth-order valence-electron chi connectivity index (χ4n) is 0.582. The molecule has 0 aromatic heterocycles. The average Bonchev–Trinajstić information content (AvgIpc) is 1.65. The van der Waals surface area contributed by atoms with Gasteiger partial charge in [-0.2, -0.15) is 0 Å². The lowest BCUT2D eigenvalue weighted by atomic mass is 15.5. The molecule has 0 aromatic rings. The van der Waals surface area contributed by atoms with Crippen molar-refractivity contribution in [3.05, 3.63) is 0 Å². The highest BCUT2D eigenvalue weighted by atomic mass is 28.5. The van der Waals surface area contributed by atoms with Crippen LogP contribution in [-0.2, 0) is 12.3 Å². The van der Waals surface area contributed by atoms with Gasteiger partial charge in [0.1, 0.15) is 0 Å². The molecule has 0 saturated heterocycles. The van der Waals surface area contributed by atoms with Gasteiger partial charge in [-0.3, -0.25) is 0 Å². The zero-order chi connectivity index (χ0) is 14.1. The summed E-state index contributed by atoms with van der Waals surface area (Å²) >= 11 is 0. The monoisotopic (exact) mass is 330 g/mol. The summed E-state index contributed by atoms with van der Waals surface area (Å²) in [6, 6.07) is 0. The van der Waals surface area contributed by atoms with Crippen LogP contribution in [0.15, 0.2) is 0 Å². The predicted octanol–water partition coefficient (Wildman–Crippen LogP) is -7.30. The average molecular weight is 330 g/mol. The Balaban J connectivity index is 4.95. The summed E-state index contributed by atoms with van der Waals surface area (Å²) < 4.78 is 10.6. The van der Waals surface area contributed by atoms with Crippen molar-refractivity contribution < 1.29 is 60.3 Å². The minimum absolute atomic E-state index is 3.54. The van der Waals surface area contributed by atoms with Gasteiger partial charge < -0.3 is 60.3 Å². The van der Waals surface area contributed by atoms with E-state index in [1.165, 1.54) is 0 Å². The highest BCUT2D eigenvalue weighted by Crippen LogP contribution is 2.15. The molecule has 13 nitrogen and oxygen atoms in total. The predicted molar refractivity (Wildman–Crippen MR) is 48.5 cm³/mol. The van der Waals surface area contributed by atoms with Crippen LogP contribution in [0.2, 0.25) is 0 Å². The highest BCUT2D eigenvalue weighted by Gasteiger charge is 2.62. The molecular formula is H10O13Si4. The molecule has 10 N–H and O–H groups in total. The number of hydrogen-bond donors (Lipinski definition) is 10. The van der Waals surface area contributed by atoms with E-state index in [4.69, 9.17) is 48.0 Å². The second-order valence-electron chi connectivity index (χ2n) is 2.55. The third-order valence-electron chi connectivity index (χ3n) is 0.798. The van der Waals surface area contributed by atoms with Gasteiger partial charge in [0.25, 0.3) is 0 Å². The quantitative estimate of drug-likeness (QED) is 0.204. The van der Waals surface area contributed by atoms with Crippen molar-refractivity contribution in [2.75, 3.05) is 0 Å². The van der Waals surface area contributed by atoms with Crippen molar-refractivity contribution in [3.63, 3.8) is 0 Å². The molecule has 0 amide bonds. The molecular weight excluding hydrogens is 320 g/mol. The van der Waals surface area contributed by atoms with Gasteiger partial charge >= 0.3 is 36.2 Å². The van der Waals surface area contributed by atoms with E-state index in [9.17, 15) is 0 Å². The Morgan fingerprint density at radius 3 is 0.706 bits per heavy atom. The fourth-order valence-corrected chi connectivity index (χ4v) is 6.36. The van der Waals surface area contributed by atoms with Gasteiger partial charge in [-0.05, 0) is 0 Å². The smallest absolute Gasteiger partial charge is 0.369 e. The Morgan fingerprint density at radius 1 is 0.412 bits per heavy atom. The molecule has 0 bridgehead atoms. The lowest BCUT2D eigenvalue weighted by Gasteiger charge is -2.28. The van der Waals surface area contributed by atoms with E-state index in [-0.39, 0.29) is 0 Å². The molecule has 0 spiro atoms. The third kappa shape index (κ3) is 10.00. The molecule has 0 aliphatic heterocycles. The first-order valence-corrected chi connectivity index (χ1v) is 10.4. The third-order valence-corrected chi connectivity index (χ3v) is 7.18. The van der Waals surface area contributed by atoms with E-state index >= 15 is 0 Å². The normalized spacial score (nSPS) is 15.2. The van der Waals surface area contributed by atoms with Crippen LogP contribution in [0.1, 0.15) is 0 Å². The fraction of sp³-hybridized carbons (Fsp3) is 0.